The normalized spacial score (nSPS) is 12.1. The van der Waals surface area contributed by atoms with Gasteiger partial charge in [-0.3, -0.25) is 0 Å². The molecule has 0 aliphatic rings. The predicted octanol–water partition coefficient (Wildman–Crippen LogP) is 6.98. The van der Waals surface area contributed by atoms with Crippen molar-refractivity contribution in [2.45, 2.75) is 37.3 Å². The fourth-order valence-corrected chi connectivity index (χ4v) is 6.13. The average molecular weight is 497 g/mol. The van der Waals surface area contributed by atoms with Gasteiger partial charge in [-0.2, -0.15) is 5.26 Å². The minimum absolute atomic E-state index is 0.0868. The van der Waals surface area contributed by atoms with Crippen LogP contribution in [0, 0.1) is 11.3 Å². The Morgan fingerprint density at radius 3 is 2.18 bits per heavy atom. The van der Waals surface area contributed by atoms with Gasteiger partial charge in [0, 0.05) is 16.5 Å². The first-order valence-electron chi connectivity index (χ1n) is 10.6. The lowest BCUT2D eigenvalue weighted by molar-refractivity contribution is 0.603. The Labute approximate surface area is 205 Å². The molecule has 0 radical (unpaired) electrons. The molecule has 0 fully saturated rings. The molecule has 3 rings (SSSR count). The summed E-state index contributed by atoms with van der Waals surface area (Å²) in [6.07, 6.45) is 1.55. The number of hydrogen-bond donors (Lipinski definition) is 1. The van der Waals surface area contributed by atoms with Crippen molar-refractivity contribution in [2.24, 2.45) is 0 Å². The SMILES string of the molecule is CCc1cccc(CC)c1N/C(SCc1cccc(Cl)c1)=C(/C#N)S(=O)(=O)c1ccccc1. The van der Waals surface area contributed by atoms with Crippen LogP contribution in [0.25, 0.3) is 0 Å². The highest BCUT2D eigenvalue weighted by Crippen LogP contribution is 2.34. The van der Waals surface area contributed by atoms with Crippen molar-refractivity contribution in [1.29, 1.82) is 5.26 Å². The smallest absolute Gasteiger partial charge is 0.219 e. The monoisotopic (exact) mass is 496 g/mol. The van der Waals surface area contributed by atoms with E-state index in [4.69, 9.17) is 11.6 Å². The maximum Gasteiger partial charge on any atom is 0.219 e. The maximum absolute atomic E-state index is 13.4. The van der Waals surface area contributed by atoms with Crippen LogP contribution in [-0.2, 0) is 28.4 Å². The molecule has 0 aliphatic heterocycles. The average Bonchev–Trinajstić information content (AvgIpc) is 2.83. The summed E-state index contributed by atoms with van der Waals surface area (Å²) in [5.74, 6) is 0.453. The summed E-state index contributed by atoms with van der Waals surface area (Å²) in [6.45, 7) is 4.10. The van der Waals surface area contributed by atoms with Crippen LogP contribution in [0.4, 0.5) is 5.69 Å². The fourth-order valence-electron chi connectivity index (χ4n) is 3.41. The predicted molar refractivity (Wildman–Crippen MR) is 138 cm³/mol. The number of thioether (sulfide) groups is 1. The molecule has 0 aliphatic carbocycles. The molecule has 0 saturated heterocycles. The molecule has 0 heterocycles. The van der Waals surface area contributed by atoms with E-state index in [1.54, 1.807) is 24.3 Å². The van der Waals surface area contributed by atoms with E-state index in [9.17, 15) is 13.7 Å². The third-order valence-electron chi connectivity index (χ3n) is 5.14. The largest absolute Gasteiger partial charge is 0.348 e. The van der Waals surface area contributed by atoms with Crippen molar-refractivity contribution in [2.75, 3.05) is 5.32 Å². The number of rotatable bonds is 9. The van der Waals surface area contributed by atoms with E-state index in [-0.39, 0.29) is 9.80 Å². The standard InChI is InChI=1S/C26H25ClN2O2S2/c1-3-20-11-9-12-21(4-2)25(20)29-26(32-18-19-10-8-13-22(27)16-19)24(17-28)33(30,31)23-14-6-5-7-15-23/h5-16,29H,3-4,18H2,1-2H3/b26-24+. The van der Waals surface area contributed by atoms with Crippen molar-refractivity contribution in [1.82, 2.24) is 0 Å². The van der Waals surface area contributed by atoms with E-state index in [0.29, 0.717) is 15.8 Å². The molecule has 0 atom stereocenters. The highest BCUT2D eigenvalue weighted by atomic mass is 35.5. The van der Waals surface area contributed by atoms with Gasteiger partial charge in [0.25, 0.3) is 0 Å². The number of para-hydroxylation sites is 1. The zero-order valence-corrected chi connectivity index (χ0v) is 20.9. The molecule has 1 N–H and O–H groups in total. The van der Waals surface area contributed by atoms with Gasteiger partial charge in [0.05, 0.1) is 4.90 Å². The van der Waals surface area contributed by atoms with Gasteiger partial charge in [-0.25, -0.2) is 8.42 Å². The second kappa shape index (κ2) is 11.4. The number of nitriles is 1. The van der Waals surface area contributed by atoms with Crippen LogP contribution >= 0.6 is 23.4 Å². The van der Waals surface area contributed by atoms with E-state index >= 15 is 0 Å². The zero-order valence-electron chi connectivity index (χ0n) is 18.5. The minimum atomic E-state index is -4.01. The first-order chi connectivity index (χ1) is 15.9. The van der Waals surface area contributed by atoms with Crippen LogP contribution in [0.5, 0.6) is 0 Å². The zero-order chi connectivity index (χ0) is 23.8. The second-order valence-electron chi connectivity index (χ2n) is 7.29. The van der Waals surface area contributed by atoms with Crippen molar-refractivity contribution in [3.8, 4) is 6.07 Å². The number of aryl methyl sites for hydroxylation is 2. The van der Waals surface area contributed by atoms with Crippen LogP contribution in [0.1, 0.15) is 30.5 Å². The number of allylic oxidation sites excluding steroid dienone is 1. The van der Waals surface area contributed by atoms with Gasteiger partial charge in [0.2, 0.25) is 9.84 Å². The molecular formula is C26H25ClN2O2S2. The van der Waals surface area contributed by atoms with Gasteiger partial charge >= 0.3 is 0 Å². The van der Waals surface area contributed by atoms with Gasteiger partial charge < -0.3 is 5.32 Å². The Morgan fingerprint density at radius 1 is 0.970 bits per heavy atom. The van der Waals surface area contributed by atoms with Crippen molar-refractivity contribution < 1.29 is 8.42 Å². The van der Waals surface area contributed by atoms with Crippen LogP contribution in [-0.4, -0.2) is 8.42 Å². The number of halogens is 1. The summed E-state index contributed by atoms with van der Waals surface area (Å²) < 4.78 is 26.8. The molecule has 4 nitrogen and oxygen atoms in total. The molecule has 170 valence electrons. The number of sulfone groups is 1. The van der Waals surface area contributed by atoms with E-state index in [1.807, 2.05) is 56.3 Å². The van der Waals surface area contributed by atoms with E-state index < -0.39 is 9.84 Å². The summed E-state index contributed by atoms with van der Waals surface area (Å²) in [6, 6.07) is 23.4. The van der Waals surface area contributed by atoms with Crippen molar-refractivity contribution in [3.63, 3.8) is 0 Å². The molecule has 0 spiro atoms. The Hall–Kier alpha value is -2.72. The Kier molecular flexibility index (Phi) is 8.62. The first-order valence-corrected chi connectivity index (χ1v) is 13.4. The molecule has 0 aromatic heterocycles. The number of anilines is 1. The molecule has 0 amide bonds. The Morgan fingerprint density at radius 2 is 1.61 bits per heavy atom. The van der Waals surface area contributed by atoms with Crippen LogP contribution < -0.4 is 5.32 Å². The molecule has 3 aromatic carbocycles. The number of benzene rings is 3. The second-order valence-corrected chi connectivity index (χ2v) is 10.6. The topological polar surface area (TPSA) is 70.0 Å². The molecule has 0 saturated carbocycles. The number of hydrogen-bond acceptors (Lipinski definition) is 5. The lowest BCUT2D eigenvalue weighted by Gasteiger charge is -2.19. The summed E-state index contributed by atoms with van der Waals surface area (Å²) in [5.41, 5.74) is 3.90. The number of nitrogens with zero attached hydrogens (tertiary/aromatic N) is 1. The molecule has 33 heavy (non-hydrogen) atoms. The van der Waals surface area contributed by atoms with Gasteiger partial charge in [0.15, 0.2) is 4.91 Å². The molecular weight excluding hydrogens is 472 g/mol. The van der Waals surface area contributed by atoms with Gasteiger partial charge in [0.1, 0.15) is 11.1 Å². The third kappa shape index (κ3) is 6.00. The lowest BCUT2D eigenvalue weighted by atomic mass is 10.0. The summed E-state index contributed by atoms with van der Waals surface area (Å²) >= 11 is 7.41. The highest BCUT2D eigenvalue weighted by Gasteiger charge is 2.26. The summed E-state index contributed by atoms with van der Waals surface area (Å²) in [4.78, 5) is -0.211. The van der Waals surface area contributed by atoms with Crippen molar-refractivity contribution >= 4 is 38.9 Å². The van der Waals surface area contributed by atoms with Crippen LogP contribution in [0.3, 0.4) is 0 Å². The quantitative estimate of drug-likeness (QED) is 0.324. The maximum atomic E-state index is 13.4. The van der Waals surface area contributed by atoms with Crippen LogP contribution in [0.15, 0.2) is 87.6 Å². The molecule has 0 bridgehead atoms. The van der Waals surface area contributed by atoms with Crippen molar-refractivity contribution in [3.05, 3.63) is 104 Å². The fraction of sp³-hybridized carbons (Fsp3) is 0.192. The van der Waals surface area contributed by atoms with E-state index in [2.05, 4.69) is 5.32 Å². The van der Waals surface area contributed by atoms with Crippen LogP contribution in [0.2, 0.25) is 5.02 Å². The Bertz CT molecular complexity index is 1280. The van der Waals surface area contributed by atoms with Gasteiger partial charge in [-0.1, -0.05) is 74.0 Å². The molecule has 3 aromatic rings. The molecule has 7 heteroatoms. The summed E-state index contributed by atoms with van der Waals surface area (Å²) in [7, 11) is -4.01. The number of nitrogens with one attached hydrogen (secondary N) is 1. The van der Waals surface area contributed by atoms with Gasteiger partial charge in [-0.05, 0) is 53.8 Å². The Balaban J connectivity index is 2.13. The van der Waals surface area contributed by atoms with Gasteiger partial charge in [-0.15, -0.1) is 11.8 Å². The first kappa shape index (κ1) is 24.9. The lowest BCUT2D eigenvalue weighted by Crippen LogP contribution is -2.12. The van der Waals surface area contributed by atoms with E-state index in [1.165, 1.54) is 23.9 Å². The highest BCUT2D eigenvalue weighted by molar-refractivity contribution is 8.04. The summed E-state index contributed by atoms with van der Waals surface area (Å²) in [5, 5.41) is 14.2. The molecule has 0 unspecified atom stereocenters. The third-order valence-corrected chi connectivity index (χ3v) is 8.30. The van der Waals surface area contributed by atoms with E-state index in [0.717, 1.165) is 35.2 Å². The minimum Gasteiger partial charge on any atom is -0.348 e.